The second kappa shape index (κ2) is 6.06. The summed E-state index contributed by atoms with van der Waals surface area (Å²) in [5.74, 6) is 0.121. The molecule has 4 nitrogen and oxygen atoms in total. The Labute approximate surface area is 126 Å². The number of carbonyl (C=O) groups is 1. The van der Waals surface area contributed by atoms with E-state index in [2.05, 4.69) is 40.8 Å². The maximum Gasteiger partial charge on any atom is 0.237 e. The van der Waals surface area contributed by atoms with Gasteiger partial charge < -0.3 is 15.5 Å². The molecule has 1 amide bonds. The molecule has 1 heterocycles. The number of hydrogen-bond donors (Lipinski definition) is 2. The third-order valence-electron chi connectivity index (χ3n) is 4.42. The molecule has 3 rings (SSSR count). The van der Waals surface area contributed by atoms with E-state index in [-0.39, 0.29) is 11.9 Å². The summed E-state index contributed by atoms with van der Waals surface area (Å²) in [6.07, 6.45) is 4.65. The molecule has 1 atom stereocenters. The summed E-state index contributed by atoms with van der Waals surface area (Å²) in [5, 5.41) is 6.36. The van der Waals surface area contributed by atoms with Gasteiger partial charge in [-0.25, -0.2) is 0 Å². The van der Waals surface area contributed by atoms with Gasteiger partial charge in [-0.05, 0) is 49.8 Å². The van der Waals surface area contributed by atoms with Crippen molar-refractivity contribution in [2.75, 3.05) is 18.5 Å². The minimum absolute atomic E-state index is 0.121. The third kappa shape index (κ3) is 3.56. The molecule has 1 aliphatic heterocycles. The lowest BCUT2D eigenvalue weighted by Gasteiger charge is -2.28. The average molecular weight is 287 g/mol. The SMILES string of the molecule is CC(NCc1ccc2c(c1)CCCN2C)C(=O)NC1CC1. The van der Waals surface area contributed by atoms with Crippen molar-refractivity contribution >= 4 is 11.6 Å². The normalized spacial score (nSPS) is 19.0. The molecular weight excluding hydrogens is 262 g/mol. The van der Waals surface area contributed by atoms with E-state index in [9.17, 15) is 4.79 Å². The number of hydrogen-bond acceptors (Lipinski definition) is 3. The smallest absolute Gasteiger partial charge is 0.237 e. The highest BCUT2D eigenvalue weighted by Gasteiger charge is 2.25. The van der Waals surface area contributed by atoms with Gasteiger partial charge in [-0.2, -0.15) is 0 Å². The zero-order valence-electron chi connectivity index (χ0n) is 13.0. The lowest BCUT2D eigenvalue weighted by atomic mass is 9.99. The molecule has 2 N–H and O–H groups in total. The molecule has 1 fully saturated rings. The van der Waals surface area contributed by atoms with E-state index in [0.717, 1.165) is 32.4 Å². The van der Waals surface area contributed by atoms with E-state index in [4.69, 9.17) is 0 Å². The number of carbonyl (C=O) groups excluding carboxylic acids is 1. The second-order valence-electron chi connectivity index (χ2n) is 6.37. The molecule has 1 saturated carbocycles. The Kier molecular flexibility index (Phi) is 4.15. The molecule has 2 aliphatic rings. The highest BCUT2D eigenvalue weighted by atomic mass is 16.2. The minimum Gasteiger partial charge on any atom is -0.374 e. The number of aryl methyl sites for hydroxylation is 1. The van der Waals surface area contributed by atoms with E-state index in [1.54, 1.807) is 0 Å². The first-order valence-corrected chi connectivity index (χ1v) is 8.00. The molecule has 1 aromatic carbocycles. The Morgan fingerprint density at radius 2 is 2.24 bits per heavy atom. The van der Waals surface area contributed by atoms with Crippen LogP contribution in [0.2, 0.25) is 0 Å². The molecule has 0 saturated heterocycles. The number of benzene rings is 1. The molecule has 0 radical (unpaired) electrons. The van der Waals surface area contributed by atoms with Crippen LogP contribution in [0.4, 0.5) is 5.69 Å². The van der Waals surface area contributed by atoms with Crippen LogP contribution in [-0.4, -0.2) is 31.6 Å². The molecule has 114 valence electrons. The summed E-state index contributed by atoms with van der Waals surface area (Å²) in [6, 6.07) is 6.95. The van der Waals surface area contributed by atoms with Crippen molar-refractivity contribution in [3.05, 3.63) is 29.3 Å². The van der Waals surface area contributed by atoms with Gasteiger partial charge in [-0.3, -0.25) is 4.79 Å². The van der Waals surface area contributed by atoms with Gasteiger partial charge in [0.1, 0.15) is 0 Å². The van der Waals surface area contributed by atoms with Gasteiger partial charge in [-0.15, -0.1) is 0 Å². The van der Waals surface area contributed by atoms with Crippen LogP contribution >= 0.6 is 0 Å². The number of nitrogens with zero attached hydrogens (tertiary/aromatic N) is 1. The van der Waals surface area contributed by atoms with Gasteiger partial charge in [-0.1, -0.05) is 12.1 Å². The van der Waals surface area contributed by atoms with Crippen LogP contribution in [0.15, 0.2) is 18.2 Å². The van der Waals surface area contributed by atoms with Gasteiger partial charge in [0.15, 0.2) is 0 Å². The van der Waals surface area contributed by atoms with Crippen LogP contribution in [0.5, 0.6) is 0 Å². The van der Waals surface area contributed by atoms with E-state index in [1.807, 2.05) is 6.92 Å². The largest absolute Gasteiger partial charge is 0.374 e. The van der Waals surface area contributed by atoms with Crippen molar-refractivity contribution in [1.29, 1.82) is 0 Å². The van der Waals surface area contributed by atoms with Crippen LogP contribution in [0.1, 0.15) is 37.3 Å². The lowest BCUT2D eigenvalue weighted by Crippen LogP contribution is -2.42. The van der Waals surface area contributed by atoms with Crippen LogP contribution in [0.3, 0.4) is 0 Å². The number of rotatable bonds is 5. The molecule has 1 aromatic rings. The molecule has 21 heavy (non-hydrogen) atoms. The fourth-order valence-corrected chi connectivity index (χ4v) is 2.87. The number of fused-ring (bicyclic) bond motifs is 1. The van der Waals surface area contributed by atoms with E-state index in [0.29, 0.717) is 6.04 Å². The van der Waals surface area contributed by atoms with Crippen LogP contribution in [0.25, 0.3) is 0 Å². The van der Waals surface area contributed by atoms with Crippen LogP contribution in [-0.2, 0) is 17.8 Å². The Morgan fingerprint density at radius 3 is 3.00 bits per heavy atom. The zero-order valence-corrected chi connectivity index (χ0v) is 13.0. The van der Waals surface area contributed by atoms with Crippen molar-refractivity contribution in [3.63, 3.8) is 0 Å². The predicted molar refractivity (Wildman–Crippen MR) is 85.5 cm³/mol. The maximum atomic E-state index is 11.9. The Bertz CT molecular complexity index is 525. The van der Waals surface area contributed by atoms with Crippen molar-refractivity contribution in [1.82, 2.24) is 10.6 Å². The fourth-order valence-electron chi connectivity index (χ4n) is 2.87. The lowest BCUT2D eigenvalue weighted by molar-refractivity contribution is -0.122. The van der Waals surface area contributed by atoms with E-state index >= 15 is 0 Å². The Morgan fingerprint density at radius 1 is 1.43 bits per heavy atom. The predicted octanol–water partition coefficient (Wildman–Crippen LogP) is 1.83. The quantitative estimate of drug-likeness (QED) is 0.868. The zero-order chi connectivity index (χ0) is 14.8. The summed E-state index contributed by atoms with van der Waals surface area (Å²) in [5.41, 5.74) is 4.04. The highest BCUT2D eigenvalue weighted by molar-refractivity contribution is 5.81. The van der Waals surface area contributed by atoms with Crippen LogP contribution in [0, 0.1) is 0 Å². The fraction of sp³-hybridized carbons (Fsp3) is 0.588. The molecule has 0 bridgehead atoms. The first-order chi connectivity index (χ1) is 10.1. The minimum atomic E-state index is -0.135. The molecule has 1 aliphatic carbocycles. The van der Waals surface area contributed by atoms with E-state index in [1.165, 1.54) is 23.2 Å². The molecule has 0 spiro atoms. The van der Waals surface area contributed by atoms with Crippen LogP contribution < -0.4 is 15.5 Å². The van der Waals surface area contributed by atoms with E-state index < -0.39 is 0 Å². The number of amides is 1. The number of nitrogens with one attached hydrogen (secondary N) is 2. The summed E-state index contributed by atoms with van der Waals surface area (Å²) < 4.78 is 0. The topological polar surface area (TPSA) is 44.4 Å². The Balaban J connectivity index is 1.56. The summed E-state index contributed by atoms with van der Waals surface area (Å²) >= 11 is 0. The van der Waals surface area contributed by atoms with Crippen molar-refractivity contribution in [3.8, 4) is 0 Å². The van der Waals surface area contributed by atoms with Gasteiger partial charge >= 0.3 is 0 Å². The third-order valence-corrected chi connectivity index (χ3v) is 4.42. The molecule has 0 aromatic heterocycles. The highest BCUT2D eigenvalue weighted by Crippen LogP contribution is 2.26. The summed E-state index contributed by atoms with van der Waals surface area (Å²) in [4.78, 5) is 14.2. The second-order valence-corrected chi connectivity index (χ2v) is 6.37. The summed E-state index contributed by atoms with van der Waals surface area (Å²) in [6.45, 7) is 3.82. The molecule has 4 heteroatoms. The number of anilines is 1. The average Bonchev–Trinajstić information content (AvgIpc) is 3.28. The van der Waals surface area contributed by atoms with Gasteiger partial charge in [0.2, 0.25) is 5.91 Å². The van der Waals surface area contributed by atoms with Crippen molar-refractivity contribution in [2.24, 2.45) is 0 Å². The van der Waals surface area contributed by atoms with Crippen molar-refractivity contribution in [2.45, 2.75) is 51.2 Å². The van der Waals surface area contributed by atoms with Gasteiger partial charge in [0, 0.05) is 31.9 Å². The monoisotopic (exact) mass is 287 g/mol. The summed E-state index contributed by atoms with van der Waals surface area (Å²) in [7, 11) is 2.15. The Hall–Kier alpha value is -1.55. The first kappa shape index (κ1) is 14.4. The first-order valence-electron chi connectivity index (χ1n) is 8.00. The van der Waals surface area contributed by atoms with Gasteiger partial charge in [0.25, 0.3) is 0 Å². The maximum absolute atomic E-state index is 11.9. The molecule has 1 unspecified atom stereocenters. The molecular formula is C17H25N3O. The van der Waals surface area contributed by atoms with Gasteiger partial charge in [0.05, 0.1) is 6.04 Å². The standard InChI is InChI=1S/C17H25N3O/c1-12(17(21)19-15-6-7-15)18-11-13-5-8-16-14(10-13)4-3-9-20(16)2/h5,8,10,12,15,18H,3-4,6-7,9,11H2,1-2H3,(H,19,21). The van der Waals surface area contributed by atoms with Crippen molar-refractivity contribution < 1.29 is 4.79 Å².